The molecule has 34 valence electrons. The third kappa shape index (κ3) is 31.7. The number of hydrogen-bond donors (Lipinski definition) is 0. The summed E-state index contributed by atoms with van der Waals surface area (Å²) in [7, 11) is 20.1. The quantitative estimate of drug-likeness (QED) is 0.475. The molecule has 6 heteroatoms. The van der Waals surface area contributed by atoms with E-state index in [-0.39, 0.29) is 20.3 Å². The molecular formula is HCl4LiTi. The van der Waals surface area contributed by atoms with Crippen LogP contribution >= 0.6 is 37.2 Å². The average Bonchev–Trinajstić information content (AvgIpc) is 0.722. The Morgan fingerprint density at radius 1 is 1.00 bits per heavy atom. The second-order valence-corrected chi connectivity index (χ2v) is 15.9. The molecule has 0 aromatic heterocycles. The molecule has 0 nitrogen and oxygen atoms in total. The van der Waals surface area contributed by atoms with Crippen LogP contribution < -0.4 is 18.9 Å². The summed E-state index contributed by atoms with van der Waals surface area (Å²) in [5.41, 5.74) is 0. The predicted molar refractivity (Wildman–Crippen MR) is 24.5 cm³/mol. The van der Waals surface area contributed by atoms with Gasteiger partial charge in [-0.05, 0) is 0 Å². The van der Waals surface area contributed by atoms with E-state index in [1.165, 1.54) is 0 Å². The van der Waals surface area contributed by atoms with Crippen molar-refractivity contribution >= 4 is 37.2 Å². The Bertz CT molecular complexity index is 27.2. The maximum atomic E-state index is 5.01. The Balaban J connectivity index is -0.0000000800. The van der Waals surface area contributed by atoms with Crippen LogP contribution in [0.3, 0.4) is 0 Å². The van der Waals surface area contributed by atoms with Gasteiger partial charge in [0.2, 0.25) is 0 Å². The van der Waals surface area contributed by atoms with Gasteiger partial charge < -0.3 is 1.43 Å². The van der Waals surface area contributed by atoms with Crippen molar-refractivity contribution in [1.29, 1.82) is 0 Å². The largest absolute Gasteiger partial charge is 1.00 e. The van der Waals surface area contributed by atoms with E-state index in [2.05, 4.69) is 0 Å². The monoisotopic (exact) mass is 196 g/mol. The molecule has 6 heavy (non-hydrogen) atoms. The van der Waals surface area contributed by atoms with Crippen molar-refractivity contribution in [1.82, 2.24) is 0 Å². The first-order valence-corrected chi connectivity index (χ1v) is 9.35. The fourth-order valence-corrected chi connectivity index (χ4v) is 0. The van der Waals surface area contributed by atoms with Gasteiger partial charge in [-0.3, -0.25) is 0 Å². The van der Waals surface area contributed by atoms with Crippen LogP contribution in [-0.4, -0.2) is 0 Å². The minimum absolute atomic E-state index is 0. The van der Waals surface area contributed by atoms with E-state index in [1.807, 2.05) is 0 Å². The van der Waals surface area contributed by atoms with Crippen molar-refractivity contribution in [3.8, 4) is 0 Å². The summed E-state index contributed by atoms with van der Waals surface area (Å²) in [6, 6.07) is 0. The zero-order valence-electron chi connectivity index (χ0n) is 4.01. The third-order valence-electron chi connectivity index (χ3n) is 0. The fraction of sp³-hybridized carbons (Fsp3) is 0. The Labute approximate surface area is 69.0 Å². The molecule has 0 radical (unpaired) electrons. The molecule has 0 aliphatic rings. The van der Waals surface area contributed by atoms with E-state index in [0.29, 0.717) is 0 Å². The smallest absolute Gasteiger partial charge is 1.00 e. The van der Waals surface area contributed by atoms with Crippen molar-refractivity contribution in [2.75, 3.05) is 0 Å². The third-order valence-corrected chi connectivity index (χ3v) is 0. The summed E-state index contributed by atoms with van der Waals surface area (Å²) in [6.45, 7) is 0. The second-order valence-electron chi connectivity index (χ2n) is 0.429. The van der Waals surface area contributed by atoms with E-state index in [1.54, 1.807) is 0 Å². The topological polar surface area (TPSA) is 0 Å². The summed E-state index contributed by atoms with van der Waals surface area (Å²) in [5, 5.41) is 0. The molecule has 0 rings (SSSR count). The van der Waals surface area contributed by atoms with Crippen LogP contribution in [0.2, 0.25) is 0 Å². The van der Waals surface area contributed by atoms with Crippen LogP contribution in [0.1, 0.15) is 1.43 Å². The number of hydrogen-bond acceptors (Lipinski definition) is 0. The Morgan fingerprint density at radius 3 is 1.00 bits per heavy atom. The van der Waals surface area contributed by atoms with Crippen LogP contribution in [0.4, 0.5) is 0 Å². The maximum Gasteiger partial charge on any atom is 1.00 e. The van der Waals surface area contributed by atoms with Crippen LogP contribution in [-0.2, 0) is 12.3 Å². The van der Waals surface area contributed by atoms with Crippen molar-refractivity contribution in [3.63, 3.8) is 0 Å². The van der Waals surface area contributed by atoms with Gasteiger partial charge in [-0.25, -0.2) is 0 Å². The number of halogens is 4. The predicted octanol–water partition coefficient (Wildman–Crippen LogP) is -0.128. The van der Waals surface area contributed by atoms with Crippen molar-refractivity contribution in [3.05, 3.63) is 0 Å². The number of rotatable bonds is 0. The summed E-state index contributed by atoms with van der Waals surface area (Å²) >= 11 is -3.11. The molecule has 0 aliphatic carbocycles. The van der Waals surface area contributed by atoms with E-state index in [0.717, 1.165) is 0 Å². The molecule has 0 amide bonds. The summed E-state index contributed by atoms with van der Waals surface area (Å²) in [6.07, 6.45) is 0. The Kier molecular flexibility index (Phi) is 8.21. The molecule has 0 aromatic carbocycles. The van der Waals surface area contributed by atoms with Gasteiger partial charge in [0.1, 0.15) is 0 Å². The normalized spacial score (nSPS) is 10.0. The molecule has 0 heterocycles. The average molecular weight is 198 g/mol. The van der Waals surface area contributed by atoms with Crippen LogP contribution in [0.15, 0.2) is 0 Å². The molecule has 0 fully saturated rings. The molecular weight excluding hydrogens is 197 g/mol. The van der Waals surface area contributed by atoms with E-state index in [4.69, 9.17) is 37.2 Å². The van der Waals surface area contributed by atoms with Crippen LogP contribution in [0.25, 0.3) is 0 Å². The fourth-order valence-electron chi connectivity index (χ4n) is 0. The Morgan fingerprint density at radius 2 is 1.00 bits per heavy atom. The van der Waals surface area contributed by atoms with Crippen LogP contribution in [0, 0.1) is 0 Å². The molecule has 0 aliphatic heterocycles. The zero-order valence-corrected chi connectivity index (χ0v) is 7.60. The molecule has 0 unspecified atom stereocenters. The van der Waals surface area contributed by atoms with Gasteiger partial charge in [-0.1, -0.05) is 0 Å². The van der Waals surface area contributed by atoms with Gasteiger partial charge in [0, 0.05) is 0 Å². The summed E-state index contributed by atoms with van der Waals surface area (Å²) in [5.74, 6) is 0. The minimum Gasteiger partial charge on any atom is -1.00 e. The first-order valence-electron chi connectivity index (χ1n) is 0.756. The first kappa shape index (κ1) is 11.3. The Hall–Kier alpha value is 2.47. The molecule has 0 bridgehead atoms. The van der Waals surface area contributed by atoms with Gasteiger partial charge in [-0.15, -0.1) is 0 Å². The molecule has 0 spiro atoms. The molecule has 0 N–H and O–H groups in total. The molecule has 0 atom stereocenters. The second kappa shape index (κ2) is 4.36. The summed E-state index contributed by atoms with van der Waals surface area (Å²) in [4.78, 5) is 0. The van der Waals surface area contributed by atoms with Crippen molar-refractivity contribution < 1.29 is 32.6 Å². The van der Waals surface area contributed by atoms with Gasteiger partial charge >= 0.3 is 68.4 Å². The van der Waals surface area contributed by atoms with Crippen molar-refractivity contribution in [2.45, 2.75) is 0 Å². The van der Waals surface area contributed by atoms with Crippen LogP contribution in [0.5, 0.6) is 0 Å². The van der Waals surface area contributed by atoms with E-state index in [9.17, 15) is 0 Å². The first-order chi connectivity index (χ1) is 2.00. The maximum absolute atomic E-state index is 5.01. The molecule has 0 aromatic rings. The minimum atomic E-state index is -3.11. The van der Waals surface area contributed by atoms with Gasteiger partial charge in [0.25, 0.3) is 0 Å². The van der Waals surface area contributed by atoms with Gasteiger partial charge in [0.15, 0.2) is 0 Å². The summed E-state index contributed by atoms with van der Waals surface area (Å²) < 4.78 is 0. The molecule has 0 saturated carbocycles. The standard InChI is InChI=1S/4ClH.Li.Ti.H/h4*1H;;;/q;;;;+1;+4;-1/p-4. The van der Waals surface area contributed by atoms with E-state index < -0.39 is 12.3 Å². The SMILES string of the molecule is [Cl][Ti]([Cl])([Cl])[Cl].[H-].[Li+]. The van der Waals surface area contributed by atoms with E-state index >= 15 is 0 Å². The van der Waals surface area contributed by atoms with Gasteiger partial charge in [0.05, 0.1) is 0 Å². The molecule has 0 saturated heterocycles. The van der Waals surface area contributed by atoms with Crippen molar-refractivity contribution in [2.24, 2.45) is 0 Å². The van der Waals surface area contributed by atoms with Gasteiger partial charge in [-0.2, -0.15) is 0 Å². The zero-order chi connectivity index (χ0) is 4.50.